The summed E-state index contributed by atoms with van der Waals surface area (Å²) in [5.41, 5.74) is 4.47. The summed E-state index contributed by atoms with van der Waals surface area (Å²) in [6.07, 6.45) is 0.552. The van der Waals surface area contributed by atoms with Crippen LogP contribution >= 0.6 is 0 Å². The second kappa shape index (κ2) is 10.1. The van der Waals surface area contributed by atoms with E-state index in [-0.39, 0.29) is 12.5 Å². The molecule has 1 aliphatic rings. The number of alkyl carbamates (subject to hydrolysis) is 1. The summed E-state index contributed by atoms with van der Waals surface area (Å²) in [6.45, 7) is 3.73. The van der Waals surface area contributed by atoms with Crippen molar-refractivity contribution in [1.82, 2.24) is 10.6 Å². The number of hydrogen-bond donors (Lipinski definition) is 3. The fourth-order valence-electron chi connectivity index (χ4n) is 3.95. The average Bonchev–Trinajstić information content (AvgIpc) is 3.09. The molecule has 0 unspecified atom stereocenters. The molecule has 2 atom stereocenters. The minimum absolute atomic E-state index is 0.0759. The summed E-state index contributed by atoms with van der Waals surface area (Å²) < 4.78 is 5.48. The second-order valence-corrected chi connectivity index (χ2v) is 7.62. The summed E-state index contributed by atoms with van der Waals surface area (Å²) >= 11 is 0. The number of aliphatic carboxylic acids is 1. The highest BCUT2D eigenvalue weighted by Crippen LogP contribution is 2.44. The minimum atomic E-state index is -1.09. The molecule has 7 nitrogen and oxygen atoms in total. The van der Waals surface area contributed by atoms with E-state index < -0.39 is 30.1 Å². The standard InChI is InChI=1S/C24H28N2O5/c1-3-9-21(23(28)29)25-22(27)20(4-2)26-24(30)31-14-19-17-12-7-5-10-15(17)16-11-6-8-13-18(16)19/h5-8,10-13,19-21H,3-4,9,14H2,1-2H3,(H,25,27)(H,26,30)(H,28,29)/t20-,21+/m0/s1. The Bertz CT molecular complexity index is 913. The van der Waals surface area contributed by atoms with Gasteiger partial charge in [-0.2, -0.15) is 0 Å². The van der Waals surface area contributed by atoms with Crippen molar-refractivity contribution in [3.63, 3.8) is 0 Å². The van der Waals surface area contributed by atoms with Gasteiger partial charge in [-0.25, -0.2) is 9.59 Å². The van der Waals surface area contributed by atoms with E-state index in [0.29, 0.717) is 19.3 Å². The van der Waals surface area contributed by atoms with Gasteiger partial charge in [-0.15, -0.1) is 0 Å². The first-order chi connectivity index (χ1) is 15.0. The molecule has 31 heavy (non-hydrogen) atoms. The zero-order chi connectivity index (χ0) is 22.4. The van der Waals surface area contributed by atoms with Crippen molar-refractivity contribution < 1.29 is 24.2 Å². The van der Waals surface area contributed by atoms with Gasteiger partial charge in [0.1, 0.15) is 18.7 Å². The van der Waals surface area contributed by atoms with Crippen LogP contribution in [0.25, 0.3) is 11.1 Å². The molecule has 3 N–H and O–H groups in total. The molecule has 0 saturated carbocycles. The maximum absolute atomic E-state index is 12.4. The maximum atomic E-state index is 12.4. The Labute approximate surface area is 181 Å². The number of carboxylic acids is 1. The van der Waals surface area contributed by atoms with Crippen LogP contribution in [0.4, 0.5) is 4.79 Å². The van der Waals surface area contributed by atoms with Crippen LogP contribution in [0.5, 0.6) is 0 Å². The van der Waals surface area contributed by atoms with Gasteiger partial charge in [0, 0.05) is 5.92 Å². The van der Waals surface area contributed by atoms with Gasteiger partial charge in [0.2, 0.25) is 5.91 Å². The Hall–Kier alpha value is -3.35. The molecule has 164 valence electrons. The molecule has 0 aromatic heterocycles. The zero-order valence-electron chi connectivity index (χ0n) is 17.8. The van der Waals surface area contributed by atoms with Crippen LogP contribution in [0, 0.1) is 0 Å². The van der Waals surface area contributed by atoms with Gasteiger partial charge in [0.15, 0.2) is 0 Å². The molecule has 0 radical (unpaired) electrons. The molecule has 0 aliphatic heterocycles. The summed E-state index contributed by atoms with van der Waals surface area (Å²) in [6, 6.07) is 14.2. The number of carbonyl (C=O) groups excluding carboxylic acids is 2. The fourth-order valence-corrected chi connectivity index (χ4v) is 3.95. The zero-order valence-corrected chi connectivity index (χ0v) is 17.8. The minimum Gasteiger partial charge on any atom is -0.480 e. The lowest BCUT2D eigenvalue weighted by molar-refractivity contribution is -0.142. The van der Waals surface area contributed by atoms with Crippen molar-refractivity contribution >= 4 is 18.0 Å². The molecule has 0 fully saturated rings. The first kappa shape index (κ1) is 22.3. The number of fused-ring (bicyclic) bond motifs is 3. The van der Waals surface area contributed by atoms with Crippen LogP contribution in [-0.4, -0.2) is 41.8 Å². The van der Waals surface area contributed by atoms with Gasteiger partial charge in [-0.05, 0) is 35.1 Å². The molecule has 3 rings (SSSR count). The summed E-state index contributed by atoms with van der Waals surface area (Å²) in [5, 5.41) is 14.3. The van der Waals surface area contributed by atoms with E-state index in [9.17, 15) is 19.5 Å². The Morgan fingerprint density at radius 1 is 0.935 bits per heavy atom. The highest BCUT2D eigenvalue weighted by Gasteiger charge is 2.30. The topological polar surface area (TPSA) is 105 Å². The largest absolute Gasteiger partial charge is 0.480 e. The maximum Gasteiger partial charge on any atom is 0.407 e. The highest BCUT2D eigenvalue weighted by atomic mass is 16.5. The number of carbonyl (C=O) groups is 3. The molecule has 1 aliphatic carbocycles. The van der Waals surface area contributed by atoms with E-state index in [1.54, 1.807) is 6.92 Å². The average molecular weight is 424 g/mol. The number of carboxylic acid groups (broad SMARTS) is 1. The van der Waals surface area contributed by atoms with E-state index in [4.69, 9.17) is 4.74 Å². The second-order valence-electron chi connectivity index (χ2n) is 7.62. The van der Waals surface area contributed by atoms with Crippen molar-refractivity contribution in [1.29, 1.82) is 0 Å². The molecule has 0 heterocycles. The van der Waals surface area contributed by atoms with Crippen molar-refractivity contribution in [3.05, 3.63) is 59.7 Å². The lowest BCUT2D eigenvalue weighted by Gasteiger charge is -2.21. The summed E-state index contributed by atoms with van der Waals surface area (Å²) in [5.74, 6) is -1.70. The lowest BCUT2D eigenvalue weighted by atomic mass is 9.98. The van der Waals surface area contributed by atoms with Crippen LogP contribution in [-0.2, 0) is 14.3 Å². The summed E-state index contributed by atoms with van der Waals surface area (Å²) in [7, 11) is 0. The Balaban J connectivity index is 1.62. The van der Waals surface area contributed by atoms with Crippen molar-refractivity contribution in [2.45, 2.75) is 51.1 Å². The van der Waals surface area contributed by atoms with Gasteiger partial charge in [-0.1, -0.05) is 68.8 Å². The Kier molecular flexibility index (Phi) is 7.28. The predicted octanol–water partition coefficient (Wildman–Crippen LogP) is 3.67. The van der Waals surface area contributed by atoms with E-state index in [1.165, 1.54) is 0 Å². The van der Waals surface area contributed by atoms with Gasteiger partial charge in [-0.3, -0.25) is 4.79 Å². The number of nitrogens with one attached hydrogen (secondary N) is 2. The van der Waals surface area contributed by atoms with Gasteiger partial charge >= 0.3 is 12.1 Å². The molecule has 7 heteroatoms. The van der Waals surface area contributed by atoms with Gasteiger partial charge < -0.3 is 20.5 Å². The number of hydrogen-bond acceptors (Lipinski definition) is 4. The molecular formula is C24H28N2O5. The normalized spacial score (nSPS) is 14.1. The SMILES string of the molecule is CCC[C@@H](NC(=O)[C@H](CC)NC(=O)OCC1c2ccccc2-c2ccccc21)C(=O)O. The molecular weight excluding hydrogens is 396 g/mol. The monoisotopic (exact) mass is 424 g/mol. The van der Waals surface area contributed by atoms with Gasteiger partial charge in [0.05, 0.1) is 0 Å². The van der Waals surface area contributed by atoms with E-state index >= 15 is 0 Å². The third kappa shape index (κ3) is 5.05. The number of amides is 2. The quantitative estimate of drug-likeness (QED) is 0.570. The van der Waals surface area contributed by atoms with Crippen molar-refractivity contribution in [3.8, 4) is 11.1 Å². The van der Waals surface area contributed by atoms with Crippen LogP contribution in [0.3, 0.4) is 0 Å². The van der Waals surface area contributed by atoms with E-state index in [0.717, 1.165) is 22.3 Å². The molecule has 0 spiro atoms. The van der Waals surface area contributed by atoms with Crippen molar-refractivity contribution in [2.75, 3.05) is 6.61 Å². The van der Waals surface area contributed by atoms with Crippen LogP contribution in [0.1, 0.15) is 50.2 Å². The molecule has 0 saturated heterocycles. The molecule has 2 aromatic rings. The third-order valence-electron chi connectivity index (χ3n) is 5.55. The van der Waals surface area contributed by atoms with Gasteiger partial charge in [0.25, 0.3) is 0 Å². The Morgan fingerprint density at radius 2 is 1.52 bits per heavy atom. The fraction of sp³-hybridized carbons (Fsp3) is 0.375. The van der Waals surface area contributed by atoms with Crippen molar-refractivity contribution in [2.24, 2.45) is 0 Å². The molecule has 2 amide bonds. The van der Waals surface area contributed by atoms with Crippen LogP contribution < -0.4 is 10.6 Å². The van der Waals surface area contributed by atoms with E-state index in [1.807, 2.05) is 43.3 Å². The molecule has 0 bridgehead atoms. The summed E-state index contributed by atoms with van der Waals surface area (Å²) in [4.78, 5) is 36.1. The molecule has 2 aromatic carbocycles. The van der Waals surface area contributed by atoms with E-state index in [2.05, 4.69) is 22.8 Å². The first-order valence-electron chi connectivity index (χ1n) is 10.6. The number of ether oxygens (including phenoxy) is 1. The third-order valence-corrected chi connectivity index (χ3v) is 5.55. The smallest absolute Gasteiger partial charge is 0.407 e. The van der Waals surface area contributed by atoms with Crippen LogP contribution in [0.2, 0.25) is 0 Å². The lowest BCUT2D eigenvalue weighted by Crippen LogP contribution is -2.51. The predicted molar refractivity (Wildman–Crippen MR) is 117 cm³/mol. The number of benzene rings is 2. The van der Waals surface area contributed by atoms with Crippen LogP contribution in [0.15, 0.2) is 48.5 Å². The highest BCUT2D eigenvalue weighted by molar-refractivity contribution is 5.89. The Morgan fingerprint density at radius 3 is 2.03 bits per heavy atom. The number of rotatable bonds is 9. The first-order valence-corrected chi connectivity index (χ1v) is 10.6.